The van der Waals surface area contributed by atoms with Crippen LogP contribution < -0.4 is 15.0 Å². The van der Waals surface area contributed by atoms with Gasteiger partial charge >= 0.3 is 0 Å². The molecular formula is C23H30N4O5S. The summed E-state index contributed by atoms with van der Waals surface area (Å²) in [7, 11) is 0.274. The van der Waals surface area contributed by atoms with Crippen LogP contribution in [0, 0.1) is 0 Å². The number of nitrogens with one attached hydrogen (secondary N) is 1. The van der Waals surface area contributed by atoms with Crippen LogP contribution in [-0.2, 0) is 14.8 Å². The van der Waals surface area contributed by atoms with Crippen molar-refractivity contribution in [3.8, 4) is 5.75 Å². The number of hydrogen-bond acceptors (Lipinski definition) is 6. The van der Waals surface area contributed by atoms with E-state index < -0.39 is 10.0 Å². The molecule has 0 bridgehead atoms. The number of likely N-dealkylation sites (N-methyl/N-ethyl adjacent to an activating group) is 1. The monoisotopic (exact) mass is 474 g/mol. The predicted octanol–water partition coefficient (Wildman–Crippen LogP) is 2.26. The summed E-state index contributed by atoms with van der Waals surface area (Å²) in [5, 5.41) is 2.81. The van der Waals surface area contributed by atoms with E-state index in [-0.39, 0.29) is 23.3 Å². The van der Waals surface area contributed by atoms with Crippen LogP contribution in [0.3, 0.4) is 0 Å². The molecule has 1 heterocycles. The molecule has 2 aromatic carbocycles. The van der Waals surface area contributed by atoms with Crippen molar-refractivity contribution in [1.29, 1.82) is 0 Å². The minimum absolute atomic E-state index is 0.0190. The van der Waals surface area contributed by atoms with E-state index in [1.165, 1.54) is 28.6 Å². The number of rotatable bonds is 9. The molecule has 2 aromatic rings. The summed E-state index contributed by atoms with van der Waals surface area (Å²) in [5.41, 5.74) is 1.43. The van der Waals surface area contributed by atoms with Gasteiger partial charge in [-0.15, -0.1) is 0 Å². The van der Waals surface area contributed by atoms with E-state index in [0.29, 0.717) is 48.9 Å². The molecule has 0 saturated carbocycles. The van der Waals surface area contributed by atoms with Crippen molar-refractivity contribution in [2.45, 2.75) is 18.7 Å². The highest BCUT2D eigenvalue weighted by atomic mass is 32.2. The first kappa shape index (κ1) is 24.7. The maximum atomic E-state index is 12.8. The second kappa shape index (κ2) is 10.3. The van der Waals surface area contributed by atoms with Gasteiger partial charge in [0.1, 0.15) is 5.75 Å². The molecule has 0 radical (unpaired) electrons. The van der Waals surface area contributed by atoms with Crippen LogP contribution >= 0.6 is 0 Å². The zero-order valence-corrected chi connectivity index (χ0v) is 20.2. The van der Waals surface area contributed by atoms with Crippen LogP contribution in [0.1, 0.15) is 24.2 Å². The Morgan fingerprint density at radius 3 is 2.36 bits per heavy atom. The molecule has 9 nitrogen and oxygen atoms in total. The van der Waals surface area contributed by atoms with Crippen LogP contribution in [0.4, 0.5) is 11.4 Å². The van der Waals surface area contributed by atoms with E-state index in [1.807, 2.05) is 19.0 Å². The van der Waals surface area contributed by atoms with Gasteiger partial charge in [-0.2, -0.15) is 4.31 Å². The van der Waals surface area contributed by atoms with Gasteiger partial charge in [0.15, 0.2) is 6.61 Å². The Balaban J connectivity index is 1.78. The summed E-state index contributed by atoms with van der Waals surface area (Å²) in [6.45, 7) is 5.47. The lowest BCUT2D eigenvalue weighted by atomic mass is 10.1. The second-order valence-corrected chi connectivity index (χ2v) is 9.83. The van der Waals surface area contributed by atoms with E-state index in [9.17, 15) is 18.0 Å². The fourth-order valence-corrected chi connectivity index (χ4v) is 4.98. The molecule has 2 amide bonds. The quantitative estimate of drug-likeness (QED) is 0.599. The molecule has 1 aliphatic heterocycles. The standard InChI is InChI=1S/C23H30N4O5S/c1-5-26(6-2)33(30,31)19-10-7-17(8-11-19)23(29)24-18-9-12-21-20(15-18)27(14-13-25(3)4)22(28)16-32-21/h7-12,15H,5-6,13-14,16H2,1-4H3,(H,24,29). The smallest absolute Gasteiger partial charge is 0.265 e. The van der Waals surface area contributed by atoms with Crippen molar-refractivity contribution in [1.82, 2.24) is 9.21 Å². The largest absolute Gasteiger partial charge is 0.482 e. The van der Waals surface area contributed by atoms with Crippen molar-refractivity contribution in [2.24, 2.45) is 0 Å². The third-order valence-corrected chi connectivity index (χ3v) is 7.45. The number of nitrogens with zero attached hydrogens (tertiary/aromatic N) is 3. The third kappa shape index (κ3) is 5.52. The third-order valence-electron chi connectivity index (χ3n) is 5.39. The van der Waals surface area contributed by atoms with Gasteiger partial charge in [-0.05, 0) is 56.6 Å². The SMILES string of the molecule is CCN(CC)S(=O)(=O)c1ccc(C(=O)Nc2ccc3c(c2)N(CCN(C)C)C(=O)CO3)cc1. The van der Waals surface area contributed by atoms with Crippen LogP contribution in [0.25, 0.3) is 0 Å². The summed E-state index contributed by atoms with van der Waals surface area (Å²) in [4.78, 5) is 28.9. The molecular weight excluding hydrogens is 444 g/mol. The van der Waals surface area contributed by atoms with Gasteiger partial charge in [-0.1, -0.05) is 13.8 Å². The maximum Gasteiger partial charge on any atom is 0.265 e. The van der Waals surface area contributed by atoms with Crippen molar-refractivity contribution in [2.75, 3.05) is 57.1 Å². The normalized spacial score (nSPS) is 13.8. The molecule has 0 saturated heterocycles. The molecule has 10 heteroatoms. The number of sulfonamides is 1. The Hall–Kier alpha value is -2.95. The van der Waals surface area contributed by atoms with Gasteiger partial charge in [-0.3, -0.25) is 9.59 Å². The molecule has 1 aliphatic rings. The van der Waals surface area contributed by atoms with Gasteiger partial charge in [0.05, 0.1) is 10.6 Å². The molecule has 0 aromatic heterocycles. The number of carbonyl (C=O) groups is 2. The zero-order chi connectivity index (χ0) is 24.2. The zero-order valence-electron chi connectivity index (χ0n) is 19.4. The Labute approximate surface area is 195 Å². The number of amides is 2. The first-order valence-corrected chi connectivity index (χ1v) is 12.2. The summed E-state index contributed by atoms with van der Waals surface area (Å²) < 4.78 is 32.2. The Kier molecular flexibility index (Phi) is 7.72. The average Bonchev–Trinajstić information content (AvgIpc) is 2.79. The molecule has 0 unspecified atom stereocenters. The van der Waals surface area contributed by atoms with Crippen molar-refractivity contribution in [3.63, 3.8) is 0 Å². The molecule has 0 aliphatic carbocycles. The summed E-state index contributed by atoms with van der Waals surface area (Å²) >= 11 is 0. The molecule has 0 spiro atoms. The molecule has 3 rings (SSSR count). The fourth-order valence-electron chi connectivity index (χ4n) is 3.52. The van der Waals surface area contributed by atoms with Crippen LogP contribution in [0.2, 0.25) is 0 Å². The van der Waals surface area contributed by atoms with E-state index in [0.717, 1.165) is 0 Å². The second-order valence-electron chi connectivity index (χ2n) is 7.89. The van der Waals surface area contributed by atoms with Gasteiger partial charge in [0.2, 0.25) is 10.0 Å². The number of hydrogen-bond donors (Lipinski definition) is 1. The number of carbonyl (C=O) groups excluding carboxylic acids is 2. The van der Waals surface area contributed by atoms with E-state index in [1.54, 1.807) is 36.9 Å². The number of ether oxygens (including phenoxy) is 1. The fraction of sp³-hybridized carbons (Fsp3) is 0.391. The van der Waals surface area contributed by atoms with E-state index in [4.69, 9.17) is 4.74 Å². The van der Waals surface area contributed by atoms with Gasteiger partial charge in [0, 0.05) is 37.4 Å². The molecule has 0 fully saturated rings. The molecule has 0 atom stereocenters. The predicted molar refractivity (Wildman–Crippen MR) is 127 cm³/mol. The number of anilines is 2. The summed E-state index contributed by atoms with van der Waals surface area (Å²) in [6, 6.07) is 11.0. The van der Waals surface area contributed by atoms with Gasteiger partial charge < -0.3 is 19.9 Å². The average molecular weight is 475 g/mol. The molecule has 33 heavy (non-hydrogen) atoms. The lowest BCUT2D eigenvalue weighted by Crippen LogP contribution is -2.42. The van der Waals surface area contributed by atoms with Crippen molar-refractivity contribution in [3.05, 3.63) is 48.0 Å². The maximum absolute atomic E-state index is 12.8. The highest BCUT2D eigenvalue weighted by Gasteiger charge is 2.26. The van der Waals surface area contributed by atoms with E-state index >= 15 is 0 Å². The highest BCUT2D eigenvalue weighted by Crippen LogP contribution is 2.34. The Morgan fingerprint density at radius 1 is 1.09 bits per heavy atom. The van der Waals surface area contributed by atoms with Gasteiger partial charge in [0.25, 0.3) is 11.8 Å². The lowest BCUT2D eigenvalue weighted by molar-refractivity contribution is -0.121. The van der Waals surface area contributed by atoms with Crippen LogP contribution in [0.15, 0.2) is 47.4 Å². The minimum atomic E-state index is -3.59. The molecule has 1 N–H and O–H groups in total. The molecule has 178 valence electrons. The Bertz CT molecular complexity index is 1110. The topological polar surface area (TPSA) is 99.3 Å². The summed E-state index contributed by atoms with van der Waals surface area (Å²) in [5.74, 6) is 0.0553. The number of fused-ring (bicyclic) bond motifs is 1. The van der Waals surface area contributed by atoms with Gasteiger partial charge in [-0.25, -0.2) is 8.42 Å². The van der Waals surface area contributed by atoms with Crippen LogP contribution in [-0.4, -0.2) is 76.3 Å². The van der Waals surface area contributed by atoms with Crippen molar-refractivity contribution < 1.29 is 22.7 Å². The first-order valence-electron chi connectivity index (χ1n) is 10.8. The lowest BCUT2D eigenvalue weighted by Gasteiger charge is -2.30. The first-order chi connectivity index (χ1) is 15.7. The van der Waals surface area contributed by atoms with Crippen LogP contribution in [0.5, 0.6) is 5.75 Å². The Morgan fingerprint density at radius 2 is 1.76 bits per heavy atom. The minimum Gasteiger partial charge on any atom is -0.482 e. The highest BCUT2D eigenvalue weighted by molar-refractivity contribution is 7.89. The van der Waals surface area contributed by atoms with Crippen molar-refractivity contribution >= 4 is 33.2 Å². The number of benzene rings is 2. The summed E-state index contributed by atoms with van der Waals surface area (Å²) in [6.07, 6.45) is 0. The van der Waals surface area contributed by atoms with E-state index in [2.05, 4.69) is 5.32 Å².